The maximum atomic E-state index is 12.0. The topological polar surface area (TPSA) is 46.2 Å². The minimum Gasteiger partial charge on any atom is -0.227 e. The molecule has 1 amide bonds. The summed E-state index contributed by atoms with van der Waals surface area (Å²) in [5, 5.41) is 5.63. The van der Waals surface area contributed by atoms with Crippen molar-refractivity contribution in [3.63, 3.8) is 0 Å². The second-order valence-electron chi connectivity index (χ2n) is 5.87. The van der Waals surface area contributed by atoms with Crippen LogP contribution < -0.4 is 5.01 Å². The lowest BCUT2D eigenvalue weighted by Crippen LogP contribution is -3.10. The molecule has 0 saturated carbocycles. The Kier molecular flexibility index (Phi) is 5.91. The van der Waals surface area contributed by atoms with Gasteiger partial charge in [0, 0.05) is 0 Å². The molecule has 2 unspecified atom stereocenters. The van der Waals surface area contributed by atoms with E-state index in [0.717, 1.165) is 17.3 Å². The summed E-state index contributed by atoms with van der Waals surface area (Å²) >= 11 is 1.48. The zero-order valence-electron chi connectivity index (χ0n) is 13.7. The van der Waals surface area contributed by atoms with Crippen molar-refractivity contribution in [2.24, 2.45) is 16.0 Å². The molecule has 2 rings (SSSR count). The average molecular weight is 318 g/mol. The van der Waals surface area contributed by atoms with Crippen LogP contribution in [0.25, 0.3) is 0 Å². The SMILES string of the molecule is CCC(C)c1ccccc1N=C1SCC(=O)[NH+]1/N=C/C(C)C. The lowest BCUT2D eigenvalue weighted by Gasteiger charge is -2.12. The molecule has 4 nitrogen and oxygen atoms in total. The normalized spacial score (nSPS) is 22.1. The van der Waals surface area contributed by atoms with Crippen molar-refractivity contribution in [2.45, 2.75) is 40.0 Å². The van der Waals surface area contributed by atoms with E-state index in [0.29, 0.717) is 22.6 Å². The zero-order valence-corrected chi connectivity index (χ0v) is 14.5. The molecule has 0 bridgehead atoms. The molecule has 1 heterocycles. The van der Waals surface area contributed by atoms with Crippen molar-refractivity contribution in [3.05, 3.63) is 29.8 Å². The predicted molar refractivity (Wildman–Crippen MR) is 94.0 cm³/mol. The number of amides is 1. The Morgan fingerprint density at radius 3 is 2.73 bits per heavy atom. The molecular weight excluding hydrogens is 294 g/mol. The summed E-state index contributed by atoms with van der Waals surface area (Å²) in [6.07, 6.45) is 2.88. The van der Waals surface area contributed by atoms with Crippen LogP contribution >= 0.6 is 11.8 Å². The molecule has 2 atom stereocenters. The van der Waals surface area contributed by atoms with Gasteiger partial charge in [-0.3, -0.25) is 0 Å². The van der Waals surface area contributed by atoms with Crippen LogP contribution in [-0.2, 0) is 4.79 Å². The van der Waals surface area contributed by atoms with Crippen molar-refractivity contribution < 1.29 is 9.80 Å². The molecule has 1 saturated heterocycles. The Morgan fingerprint density at radius 1 is 1.32 bits per heavy atom. The summed E-state index contributed by atoms with van der Waals surface area (Å²) in [7, 11) is 0. The number of benzene rings is 1. The van der Waals surface area contributed by atoms with E-state index in [4.69, 9.17) is 4.99 Å². The molecular formula is C17H24N3OS+. The standard InChI is InChI=1S/C17H23N3OS/c1-5-13(4)14-8-6-7-9-15(14)19-17-20(16(21)11-22-17)18-10-12(2)3/h6-10,12-13H,5,11H2,1-4H3/p+1/b18-10+,19-17?. The monoisotopic (exact) mass is 318 g/mol. The van der Waals surface area contributed by atoms with Gasteiger partial charge in [-0.25, -0.2) is 4.79 Å². The summed E-state index contributed by atoms with van der Waals surface area (Å²) in [6.45, 7) is 8.47. The summed E-state index contributed by atoms with van der Waals surface area (Å²) in [5.41, 5.74) is 2.18. The van der Waals surface area contributed by atoms with Gasteiger partial charge in [0.1, 0.15) is 5.75 Å². The Balaban J connectivity index is 2.34. The first-order chi connectivity index (χ1) is 10.5. The molecule has 0 spiro atoms. The highest BCUT2D eigenvalue weighted by atomic mass is 32.2. The maximum Gasteiger partial charge on any atom is 0.355 e. The molecule has 1 aromatic carbocycles. The Hall–Kier alpha value is -1.46. The smallest absolute Gasteiger partial charge is 0.227 e. The third-order valence-electron chi connectivity index (χ3n) is 3.61. The van der Waals surface area contributed by atoms with Crippen molar-refractivity contribution in [1.29, 1.82) is 0 Å². The number of nitrogens with one attached hydrogen (secondary N) is 1. The van der Waals surface area contributed by atoms with Gasteiger partial charge in [-0.1, -0.05) is 56.0 Å². The first kappa shape index (κ1) is 16.9. The number of carbonyl (C=O) groups excluding carboxylic acids is 1. The van der Waals surface area contributed by atoms with Crippen molar-refractivity contribution in [1.82, 2.24) is 0 Å². The Labute approximate surface area is 136 Å². The van der Waals surface area contributed by atoms with Crippen LogP contribution in [0, 0.1) is 5.92 Å². The van der Waals surface area contributed by atoms with Gasteiger partial charge in [-0.15, -0.1) is 0 Å². The van der Waals surface area contributed by atoms with Gasteiger partial charge in [0.2, 0.25) is 0 Å². The molecule has 1 N–H and O–H groups in total. The fourth-order valence-electron chi connectivity index (χ4n) is 2.16. The van der Waals surface area contributed by atoms with Gasteiger partial charge in [-0.05, 0) is 41.6 Å². The molecule has 1 fully saturated rings. The quantitative estimate of drug-likeness (QED) is 0.848. The molecule has 0 aliphatic carbocycles. The number of para-hydroxylation sites is 1. The predicted octanol–water partition coefficient (Wildman–Crippen LogP) is 2.99. The van der Waals surface area contributed by atoms with E-state index in [2.05, 4.69) is 25.0 Å². The fraction of sp³-hybridized carbons (Fsp3) is 0.471. The first-order valence-corrected chi connectivity index (χ1v) is 8.76. The summed E-state index contributed by atoms with van der Waals surface area (Å²) in [4.78, 5) is 16.8. The number of hydrogen-bond donors (Lipinski definition) is 1. The number of nitrogens with zero attached hydrogens (tertiary/aromatic N) is 2. The van der Waals surface area contributed by atoms with Crippen LogP contribution in [0.15, 0.2) is 34.4 Å². The number of carbonyl (C=O) groups is 1. The van der Waals surface area contributed by atoms with Crippen LogP contribution in [0.5, 0.6) is 0 Å². The van der Waals surface area contributed by atoms with Gasteiger partial charge in [0.25, 0.3) is 5.17 Å². The van der Waals surface area contributed by atoms with E-state index in [1.54, 1.807) is 0 Å². The molecule has 1 aromatic rings. The highest BCUT2D eigenvalue weighted by Crippen LogP contribution is 2.29. The van der Waals surface area contributed by atoms with Gasteiger partial charge in [-0.2, -0.15) is 4.99 Å². The van der Waals surface area contributed by atoms with E-state index >= 15 is 0 Å². The number of aliphatic imine (C=N–C) groups is 1. The average Bonchev–Trinajstić information content (AvgIpc) is 2.85. The molecule has 5 heteroatoms. The second kappa shape index (κ2) is 7.70. The highest BCUT2D eigenvalue weighted by Gasteiger charge is 2.35. The summed E-state index contributed by atoms with van der Waals surface area (Å²) < 4.78 is 0. The molecule has 1 aliphatic heterocycles. The van der Waals surface area contributed by atoms with Gasteiger partial charge >= 0.3 is 5.91 Å². The number of hydrogen-bond acceptors (Lipinski definition) is 4. The molecule has 22 heavy (non-hydrogen) atoms. The number of rotatable bonds is 5. The summed E-state index contributed by atoms with van der Waals surface area (Å²) in [6, 6.07) is 8.16. The maximum absolute atomic E-state index is 12.0. The highest BCUT2D eigenvalue weighted by molar-refractivity contribution is 8.14. The van der Waals surface area contributed by atoms with E-state index in [9.17, 15) is 4.79 Å². The minimum atomic E-state index is 0.0710. The van der Waals surface area contributed by atoms with Crippen LogP contribution in [-0.4, -0.2) is 23.0 Å². The van der Waals surface area contributed by atoms with E-state index in [-0.39, 0.29) is 5.91 Å². The number of quaternary nitrogens is 1. The third-order valence-corrected chi connectivity index (χ3v) is 4.58. The summed E-state index contributed by atoms with van der Waals surface area (Å²) in [5.74, 6) is 1.28. The minimum absolute atomic E-state index is 0.0710. The largest absolute Gasteiger partial charge is 0.355 e. The van der Waals surface area contributed by atoms with Crippen LogP contribution in [0.1, 0.15) is 45.6 Å². The zero-order chi connectivity index (χ0) is 16.1. The van der Waals surface area contributed by atoms with Crippen LogP contribution in [0.2, 0.25) is 0 Å². The molecule has 0 aromatic heterocycles. The van der Waals surface area contributed by atoms with Crippen molar-refractivity contribution >= 4 is 34.7 Å². The Bertz CT molecular complexity index is 595. The number of thioether (sulfide) groups is 1. The molecule has 0 radical (unpaired) electrons. The van der Waals surface area contributed by atoms with Crippen LogP contribution in [0.3, 0.4) is 0 Å². The Morgan fingerprint density at radius 2 is 2.05 bits per heavy atom. The van der Waals surface area contributed by atoms with Crippen molar-refractivity contribution in [3.8, 4) is 0 Å². The number of amidine groups is 1. The molecule has 118 valence electrons. The molecule has 1 aliphatic rings. The van der Waals surface area contributed by atoms with E-state index in [1.165, 1.54) is 17.3 Å². The second-order valence-corrected chi connectivity index (χ2v) is 6.83. The van der Waals surface area contributed by atoms with E-state index < -0.39 is 0 Å². The lowest BCUT2D eigenvalue weighted by molar-refractivity contribution is -0.719. The van der Waals surface area contributed by atoms with Crippen molar-refractivity contribution in [2.75, 3.05) is 5.75 Å². The van der Waals surface area contributed by atoms with E-state index in [1.807, 2.05) is 38.3 Å². The van der Waals surface area contributed by atoms with Gasteiger partial charge in [0.15, 0.2) is 0 Å². The first-order valence-electron chi connectivity index (χ1n) is 7.78. The lowest BCUT2D eigenvalue weighted by atomic mass is 9.97. The van der Waals surface area contributed by atoms with Crippen LogP contribution in [0.4, 0.5) is 5.69 Å². The fourth-order valence-corrected chi connectivity index (χ4v) is 3.03. The third kappa shape index (κ3) is 4.05. The van der Waals surface area contributed by atoms with Gasteiger partial charge < -0.3 is 0 Å². The van der Waals surface area contributed by atoms with Gasteiger partial charge in [0.05, 0.1) is 11.9 Å².